The van der Waals surface area contributed by atoms with Gasteiger partial charge in [0.1, 0.15) is 5.82 Å². The summed E-state index contributed by atoms with van der Waals surface area (Å²) in [6.07, 6.45) is 1.87. The second-order valence-corrected chi connectivity index (χ2v) is 6.69. The molecule has 0 saturated carbocycles. The Bertz CT molecular complexity index is 1040. The third-order valence-electron chi connectivity index (χ3n) is 4.92. The summed E-state index contributed by atoms with van der Waals surface area (Å²) in [4.78, 5) is 4.57. The summed E-state index contributed by atoms with van der Waals surface area (Å²) in [6.45, 7) is 2.21. The van der Waals surface area contributed by atoms with Crippen molar-refractivity contribution in [2.24, 2.45) is 0 Å². The lowest BCUT2D eigenvalue weighted by molar-refractivity contribution is 0.628. The van der Waals surface area contributed by atoms with Crippen molar-refractivity contribution >= 4 is 0 Å². The first-order chi connectivity index (χ1) is 13.2. The van der Waals surface area contributed by atoms with E-state index in [9.17, 15) is 4.39 Å². The molecule has 0 amide bonds. The molecule has 0 spiro atoms. The number of aromatic nitrogens is 1. The van der Waals surface area contributed by atoms with E-state index in [1.807, 2.05) is 24.4 Å². The first-order valence-corrected chi connectivity index (χ1v) is 9.08. The summed E-state index contributed by atoms with van der Waals surface area (Å²) < 4.78 is 13.2. The van der Waals surface area contributed by atoms with Crippen molar-refractivity contribution < 1.29 is 4.39 Å². The summed E-state index contributed by atoms with van der Waals surface area (Å²) in [7, 11) is 0. The van der Waals surface area contributed by atoms with E-state index < -0.39 is 0 Å². The molecule has 132 valence electrons. The Kier molecular flexibility index (Phi) is 4.80. The van der Waals surface area contributed by atoms with Crippen LogP contribution in [-0.2, 0) is 0 Å². The van der Waals surface area contributed by atoms with Crippen LogP contribution in [0.2, 0.25) is 0 Å². The van der Waals surface area contributed by atoms with Gasteiger partial charge in [-0.25, -0.2) is 4.39 Å². The van der Waals surface area contributed by atoms with Crippen LogP contribution in [-0.4, -0.2) is 4.98 Å². The monoisotopic (exact) mass is 353 g/mol. The van der Waals surface area contributed by atoms with Crippen LogP contribution in [0, 0.1) is 5.82 Å². The molecule has 1 unspecified atom stereocenters. The molecule has 1 heterocycles. The number of hydrogen-bond acceptors (Lipinski definition) is 1. The van der Waals surface area contributed by atoms with Gasteiger partial charge in [-0.1, -0.05) is 67.6 Å². The molecule has 1 nitrogen and oxygen atoms in total. The van der Waals surface area contributed by atoms with Crippen LogP contribution in [0.25, 0.3) is 22.4 Å². The minimum absolute atomic E-state index is 0.223. The fraction of sp³-hybridized carbons (Fsp3) is 0.0800. The van der Waals surface area contributed by atoms with E-state index in [1.165, 1.54) is 23.3 Å². The highest BCUT2D eigenvalue weighted by atomic mass is 19.1. The maximum absolute atomic E-state index is 13.2. The second-order valence-electron chi connectivity index (χ2n) is 6.69. The number of rotatable bonds is 4. The van der Waals surface area contributed by atoms with Crippen LogP contribution in [0.1, 0.15) is 24.0 Å². The standard InChI is InChI=1S/C25H20FN/c1-18(19-6-3-2-4-7-19)21-14-15-27-25(17-21)23-9-5-8-22(16-23)20-10-12-24(26)13-11-20/h2-18H,1H3. The zero-order chi connectivity index (χ0) is 18.6. The Morgan fingerprint density at radius 1 is 0.667 bits per heavy atom. The van der Waals surface area contributed by atoms with Gasteiger partial charge in [0.2, 0.25) is 0 Å². The van der Waals surface area contributed by atoms with Gasteiger partial charge in [0.15, 0.2) is 0 Å². The van der Waals surface area contributed by atoms with Crippen LogP contribution in [0.15, 0.2) is 97.2 Å². The van der Waals surface area contributed by atoms with Crippen LogP contribution in [0.5, 0.6) is 0 Å². The van der Waals surface area contributed by atoms with Gasteiger partial charge in [-0.15, -0.1) is 0 Å². The van der Waals surface area contributed by atoms with Gasteiger partial charge in [-0.05, 0) is 52.6 Å². The van der Waals surface area contributed by atoms with Crippen LogP contribution in [0.3, 0.4) is 0 Å². The molecule has 0 N–H and O–H groups in total. The van der Waals surface area contributed by atoms with E-state index in [2.05, 4.69) is 60.4 Å². The smallest absolute Gasteiger partial charge is 0.123 e. The summed E-state index contributed by atoms with van der Waals surface area (Å²) in [5.74, 6) is 0.0763. The Balaban J connectivity index is 1.68. The number of benzene rings is 3. The van der Waals surface area contributed by atoms with Gasteiger partial charge in [-0.3, -0.25) is 4.98 Å². The number of halogens is 1. The number of pyridine rings is 1. The summed E-state index contributed by atoms with van der Waals surface area (Å²) in [5.41, 5.74) is 6.56. The Labute approximate surface area is 159 Å². The molecule has 0 radical (unpaired) electrons. The minimum atomic E-state index is -0.223. The van der Waals surface area contributed by atoms with E-state index in [1.54, 1.807) is 12.1 Å². The van der Waals surface area contributed by atoms with E-state index >= 15 is 0 Å². The lowest BCUT2D eigenvalue weighted by atomic mass is 9.92. The lowest BCUT2D eigenvalue weighted by Gasteiger charge is -2.14. The summed E-state index contributed by atoms with van der Waals surface area (Å²) in [6, 6.07) is 29.5. The molecular formula is C25H20FN. The van der Waals surface area contributed by atoms with Crippen molar-refractivity contribution in [2.45, 2.75) is 12.8 Å². The maximum atomic E-state index is 13.2. The summed E-state index contributed by atoms with van der Waals surface area (Å²) >= 11 is 0. The highest BCUT2D eigenvalue weighted by Crippen LogP contribution is 2.29. The van der Waals surface area contributed by atoms with E-state index in [0.717, 1.165) is 22.4 Å². The molecule has 4 aromatic rings. The van der Waals surface area contributed by atoms with Gasteiger partial charge >= 0.3 is 0 Å². The SMILES string of the molecule is CC(c1ccccc1)c1ccnc(-c2cccc(-c3ccc(F)cc3)c2)c1. The normalized spacial score (nSPS) is 11.9. The quantitative estimate of drug-likeness (QED) is 0.397. The van der Waals surface area contributed by atoms with E-state index in [0.29, 0.717) is 5.92 Å². The molecule has 0 saturated heterocycles. The van der Waals surface area contributed by atoms with Crippen molar-refractivity contribution in [3.63, 3.8) is 0 Å². The molecule has 1 aromatic heterocycles. The van der Waals surface area contributed by atoms with Crippen molar-refractivity contribution in [2.75, 3.05) is 0 Å². The molecule has 0 fully saturated rings. The van der Waals surface area contributed by atoms with Gasteiger partial charge in [0.05, 0.1) is 5.69 Å². The number of nitrogens with zero attached hydrogens (tertiary/aromatic N) is 1. The minimum Gasteiger partial charge on any atom is -0.256 e. The Morgan fingerprint density at radius 3 is 2.19 bits per heavy atom. The van der Waals surface area contributed by atoms with E-state index in [4.69, 9.17) is 0 Å². The van der Waals surface area contributed by atoms with Gasteiger partial charge in [0, 0.05) is 17.7 Å². The first kappa shape index (κ1) is 17.2. The molecule has 0 aliphatic rings. The molecule has 0 aliphatic heterocycles. The average molecular weight is 353 g/mol. The molecule has 1 atom stereocenters. The van der Waals surface area contributed by atoms with E-state index in [-0.39, 0.29) is 5.82 Å². The second kappa shape index (κ2) is 7.55. The fourth-order valence-corrected chi connectivity index (χ4v) is 3.31. The number of hydrogen-bond donors (Lipinski definition) is 0. The topological polar surface area (TPSA) is 12.9 Å². The zero-order valence-electron chi connectivity index (χ0n) is 15.1. The molecule has 0 aliphatic carbocycles. The Hall–Kier alpha value is -3.26. The van der Waals surface area contributed by atoms with Gasteiger partial charge in [-0.2, -0.15) is 0 Å². The molecule has 4 rings (SSSR count). The van der Waals surface area contributed by atoms with Gasteiger partial charge < -0.3 is 0 Å². The summed E-state index contributed by atoms with van der Waals surface area (Å²) in [5, 5.41) is 0. The molecular weight excluding hydrogens is 333 g/mol. The van der Waals surface area contributed by atoms with Crippen molar-refractivity contribution in [3.05, 3.63) is 114 Å². The third-order valence-corrected chi connectivity index (χ3v) is 4.92. The third kappa shape index (κ3) is 3.80. The van der Waals surface area contributed by atoms with Crippen LogP contribution >= 0.6 is 0 Å². The Morgan fingerprint density at radius 2 is 1.41 bits per heavy atom. The largest absolute Gasteiger partial charge is 0.256 e. The average Bonchev–Trinajstić information content (AvgIpc) is 2.74. The fourth-order valence-electron chi connectivity index (χ4n) is 3.31. The molecule has 2 heteroatoms. The zero-order valence-corrected chi connectivity index (χ0v) is 15.1. The van der Waals surface area contributed by atoms with Gasteiger partial charge in [0.25, 0.3) is 0 Å². The highest BCUT2D eigenvalue weighted by molar-refractivity contribution is 5.71. The predicted molar refractivity (Wildman–Crippen MR) is 109 cm³/mol. The molecule has 27 heavy (non-hydrogen) atoms. The van der Waals surface area contributed by atoms with Crippen molar-refractivity contribution in [1.29, 1.82) is 0 Å². The molecule has 3 aromatic carbocycles. The highest BCUT2D eigenvalue weighted by Gasteiger charge is 2.10. The predicted octanol–water partition coefficient (Wildman–Crippen LogP) is 6.71. The van der Waals surface area contributed by atoms with Crippen LogP contribution < -0.4 is 0 Å². The van der Waals surface area contributed by atoms with Crippen LogP contribution in [0.4, 0.5) is 4.39 Å². The lowest BCUT2D eigenvalue weighted by Crippen LogP contribution is -1.97. The molecule has 0 bridgehead atoms. The van der Waals surface area contributed by atoms with Crippen molar-refractivity contribution in [1.82, 2.24) is 4.98 Å². The first-order valence-electron chi connectivity index (χ1n) is 9.08. The maximum Gasteiger partial charge on any atom is 0.123 e. The van der Waals surface area contributed by atoms with Crippen molar-refractivity contribution in [3.8, 4) is 22.4 Å².